The normalized spacial score (nSPS) is 13.2. The predicted octanol–water partition coefficient (Wildman–Crippen LogP) is 2.74. The van der Waals surface area contributed by atoms with Crippen molar-refractivity contribution in [2.45, 2.75) is 24.2 Å². The molecule has 174 valence electrons. The van der Waals surface area contributed by atoms with Gasteiger partial charge in [-0.25, -0.2) is 8.42 Å². The predicted molar refractivity (Wildman–Crippen MR) is 123 cm³/mol. The van der Waals surface area contributed by atoms with E-state index in [4.69, 9.17) is 9.47 Å². The molecule has 0 radical (unpaired) electrons. The molecule has 9 nitrogen and oxygen atoms in total. The van der Waals surface area contributed by atoms with Gasteiger partial charge in [-0.1, -0.05) is 6.07 Å². The van der Waals surface area contributed by atoms with Crippen molar-refractivity contribution in [3.8, 4) is 11.5 Å². The number of carbonyl (C=O) groups is 1. The van der Waals surface area contributed by atoms with Crippen molar-refractivity contribution in [3.63, 3.8) is 0 Å². The zero-order valence-electron chi connectivity index (χ0n) is 18.3. The van der Waals surface area contributed by atoms with Gasteiger partial charge in [0.15, 0.2) is 11.5 Å². The fourth-order valence-corrected chi connectivity index (χ4v) is 4.51. The average Bonchev–Trinajstić information content (AvgIpc) is 3.07. The number of hydrogen-bond acceptors (Lipinski definition) is 6. The van der Waals surface area contributed by atoms with Crippen LogP contribution in [0.1, 0.15) is 28.8 Å². The van der Waals surface area contributed by atoms with E-state index < -0.39 is 10.0 Å². The third-order valence-electron chi connectivity index (χ3n) is 5.09. The molecule has 0 saturated carbocycles. The molecule has 1 aliphatic rings. The molecule has 0 fully saturated rings. The maximum atomic E-state index is 12.9. The van der Waals surface area contributed by atoms with Gasteiger partial charge in [0, 0.05) is 43.5 Å². The second-order valence-electron chi connectivity index (χ2n) is 7.73. The molecule has 1 aromatic heterocycles. The smallest absolute Gasteiger partial charge is 0.262 e. The number of benzene rings is 2. The Bertz CT molecular complexity index is 1240. The molecule has 33 heavy (non-hydrogen) atoms. The highest BCUT2D eigenvalue weighted by molar-refractivity contribution is 7.92. The van der Waals surface area contributed by atoms with Crippen molar-refractivity contribution in [1.29, 1.82) is 0 Å². The number of rotatable bonds is 8. The second-order valence-corrected chi connectivity index (χ2v) is 9.41. The number of ether oxygens (including phenoxy) is 2. The van der Waals surface area contributed by atoms with Crippen LogP contribution in [-0.2, 0) is 23.5 Å². The van der Waals surface area contributed by atoms with E-state index in [1.807, 2.05) is 13.2 Å². The molecule has 1 amide bonds. The number of amides is 1. The van der Waals surface area contributed by atoms with E-state index in [0.717, 1.165) is 24.8 Å². The summed E-state index contributed by atoms with van der Waals surface area (Å²) in [7, 11) is -2.01. The highest BCUT2D eigenvalue weighted by atomic mass is 32.2. The van der Waals surface area contributed by atoms with Crippen molar-refractivity contribution in [2.75, 3.05) is 24.5 Å². The molecule has 10 heteroatoms. The molecular formula is C23H26N4O5S. The fourth-order valence-electron chi connectivity index (χ4n) is 3.45. The zero-order chi connectivity index (χ0) is 23.3. The molecule has 0 saturated heterocycles. The van der Waals surface area contributed by atoms with E-state index in [0.29, 0.717) is 42.5 Å². The van der Waals surface area contributed by atoms with Crippen LogP contribution in [-0.4, -0.2) is 43.9 Å². The van der Waals surface area contributed by atoms with Crippen LogP contribution < -0.4 is 19.5 Å². The van der Waals surface area contributed by atoms with Gasteiger partial charge in [0.1, 0.15) is 0 Å². The zero-order valence-corrected chi connectivity index (χ0v) is 19.1. The molecule has 0 atom stereocenters. The standard InChI is InChI=1S/C23H26N4O5S/c1-27-16-17(15-25-27)5-3-10-24-23(28)18-6-2-7-19(13-18)26-33(29,30)20-8-9-21-22(14-20)32-12-4-11-31-21/h2,6-9,13-16,26H,3-5,10-12H2,1H3,(H,24,28). The van der Waals surface area contributed by atoms with Crippen molar-refractivity contribution >= 4 is 21.6 Å². The number of hydrogen-bond donors (Lipinski definition) is 2. The lowest BCUT2D eigenvalue weighted by atomic mass is 10.1. The number of aromatic nitrogens is 2. The number of anilines is 1. The number of nitrogens with zero attached hydrogens (tertiary/aromatic N) is 2. The van der Waals surface area contributed by atoms with E-state index in [1.165, 1.54) is 18.2 Å². The van der Waals surface area contributed by atoms with E-state index >= 15 is 0 Å². The quantitative estimate of drug-likeness (QED) is 0.490. The number of fused-ring (bicyclic) bond motifs is 1. The molecule has 4 rings (SSSR count). The number of carbonyl (C=O) groups excluding carboxylic acids is 1. The largest absolute Gasteiger partial charge is 0.490 e. The first kappa shape index (κ1) is 22.7. The van der Waals surface area contributed by atoms with Crippen molar-refractivity contribution < 1.29 is 22.7 Å². The van der Waals surface area contributed by atoms with E-state index in [1.54, 1.807) is 35.1 Å². The Hall–Kier alpha value is -3.53. The maximum Gasteiger partial charge on any atom is 0.262 e. The van der Waals surface area contributed by atoms with Crippen molar-refractivity contribution in [2.24, 2.45) is 7.05 Å². The van der Waals surface area contributed by atoms with Gasteiger partial charge < -0.3 is 14.8 Å². The van der Waals surface area contributed by atoms with Crippen LogP contribution in [0.4, 0.5) is 5.69 Å². The Labute approximate surface area is 192 Å². The molecule has 1 aliphatic heterocycles. The lowest BCUT2D eigenvalue weighted by Gasteiger charge is -2.12. The van der Waals surface area contributed by atoms with Crippen LogP contribution in [0.15, 0.2) is 59.8 Å². The first-order valence-electron chi connectivity index (χ1n) is 10.7. The van der Waals surface area contributed by atoms with Crippen molar-refractivity contribution in [3.05, 3.63) is 66.0 Å². The van der Waals surface area contributed by atoms with Crippen LogP contribution in [0.5, 0.6) is 11.5 Å². The summed E-state index contributed by atoms with van der Waals surface area (Å²) in [5, 5.41) is 6.99. The summed E-state index contributed by atoms with van der Waals surface area (Å²) >= 11 is 0. The van der Waals surface area contributed by atoms with Crippen LogP contribution in [0.3, 0.4) is 0 Å². The van der Waals surface area contributed by atoms with Gasteiger partial charge in [-0.2, -0.15) is 5.10 Å². The van der Waals surface area contributed by atoms with Gasteiger partial charge in [0.2, 0.25) is 0 Å². The van der Waals surface area contributed by atoms with Gasteiger partial charge in [-0.15, -0.1) is 0 Å². The summed E-state index contributed by atoms with van der Waals surface area (Å²) in [6.45, 7) is 1.49. The highest BCUT2D eigenvalue weighted by Gasteiger charge is 2.19. The van der Waals surface area contributed by atoms with Crippen LogP contribution in [0.25, 0.3) is 0 Å². The Morgan fingerprint density at radius 1 is 1.12 bits per heavy atom. The molecule has 2 N–H and O–H groups in total. The molecule has 0 unspecified atom stereocenters. The van der Waals surface area contributed by atoms with Crippen LogP contribution >= 0.6 is 0 Å². The second kappa shape index (κ2) is 9.95. The van der Waals surface area contributed by atoms with Gasteiger partial charge >= 0.3 is 0 Å². The fraction of sp³-hybridized carbons (Fsp3) is 0.304. The molecule has 0 spiro atoms. The van der Waals surface area contributed by atoms with Crippen molar-refractivity contribution in [1.82, 2.24) is 15.1 Å². The van der Waals surface area contributed by atoms with Gasteiger partial charge in [0.25, 0.3) is 15.9 Å². The Balaban J connectivity index is 1.37. The summed E-state index contributed by atoms with van der Waals surface area (Å²) in [6.07, 6.45) is 6.06. The SMILES string of the molecule is Cn1cc(CCCNC(=O)c2cccc(NS(=O)(=O)c3ccc4c(c3)OCCCO4)c2)cn1. The average molecular weight is 471 g/mol. The minimum Gasteiger partial charge on any atom is -0.490 e. The number of sulfonamides is 1. The highest BCUT2D eigenvalue weighted by Crippen LogP contribution is 2.32. The maximum absolute atomic E-state index is 12.9. The van der Waals surface area contributed by atoms with Crippen LogP contribution in [0.2, 0.25) is 0 Å². The minimum absolute atomic E-state index is 0.0528. The third-order valence-corrected chi connectivity index (χ3v) is 6.47. The summed E-state index contributed by atoms with van der Waals surface area (Å²) in [4.78, 5) is 12.6. The van der Waals surface area contributed by atoms with Gasteiger partial charge in [-0.05, 0) is 48.7 Å². The summed E-state index contributed by atoms with van der Waals surface area (Å²) < 4.78 is 41.2. The first-order valence-corrected chi connectivity index (χ1v) is 12.2. The van der Waals surface area contributed by atoms with Gasteiger partial charge in [-0.3, -0.25) is 14.2 Å². The first-order chi connectivity index (χ1) is 15.9. The lowest BCUT2D eigenvalue weighted by Crippen LogP contribution is -2.25. The molecular weight excluding hydrogens is 444 g/mol. The monoisotopic (exact) mass is 470 g/mol. The molecule has 2 aromatic carbocycles. The van der Waals surface area contributed by atoms with Gasteiger partial charge in [0.05, 0.1) is 24.3 Å². The Kier molecular flexibility index (Phi) is 6.83. The number of aryl methyl sites for hydroxylation is 2. The molecule has 2 heterocycles. The lowest BCUT2D eigenvalue weighted by molar-refractivity contribution is 0.0953. The summed E-state index contributed by atoms with van der Waals surface area (Å²) in [5.74, 6) is 0.654. The van der Waals surface area contributed by atoms with E-state index in [-0.39, 0.29) is 10.8 Å². The summed E-state index contributed by atoms with van der Waals surface area (Å²) in [6, 6.07) is 10.9. The molecule has 0 bridgehead atoms. The third kappa shape index (κ3) is 5.83. The topological polar surface area (TPSA) is 112 Å². The van der Waals surface area contributed by atoms with Crippen LogP contribution in [0, 0.1) is 0 Å². The summed E-state index contributed by atoms with van der Waals surface area (Å²) in [5.41, 5.74) is 1.78. The van der Waals surface area contributed by atoms with E-state index in [2.05, 4.69) is 15.1 Å². The molecule has 3 aromatic rings. The Morgan fingerprint density at radius 3 is 2.73 bits per heavy atom. The number of nitrogens with one attached hydrogen (secondary N) is 2. The Morgan fingerprint density at radius 2 is 1.94 bits per heavy atom. The minimum atomic E-state index is -3.88. The van der Waals surface area contributed by atoms with E-state index in [9.17, 15) is 13.2 Å². The molecule has 0 aliphatic carbocycles.